The lowest BCUT2D eigenvalue weighted by atomic mass is 10.2. The predicted molar refractivity (Wildman–Crippen MR) is 51.6 cm³/mol. The Bertz CT molecular complexity index is 369. The Hall–Kier alpha value is -2.02. The van der Waals surface area contributed by atoms with E-state index < -0.39 is 0 Å². The summed E-state index contributed by atoms with van der Waals surface area (Å²) in [6.07, 6.45) is 1.78. The predicted octanol–water partition coefficient (Wildman–Crippen LogP) is 1.76. The first-order valence-electron chi connectivity index (χ1n) is 4.20. The van der Waals surface area contributed by atoms with Crippen LogP contribution in [0.15, 0.2) is 24.3 Å². The zero-order valence-corrected chi connectivity index (χ0v) is 7.78. The molecule has 0 aliphatic heterocycles. The number of nitrogens with zero attached hydrogens (tertiary/aromatic N) is 1. The number of rotatable bonds is 3. The fourth-order valence-electron chi connectivity index (χ4n) is 1.00. The van der Waals surface area contributed by atoms with E-state index in [0.29, 0.717) is 17.9 Å². The molecule has 0 heterocycles. The van der Waals surface area contributed by atoms with Gasteiger partial charge in [0, 0.05) is 5.69 Å². The van der Waals surface area contributed by atoms with Crippen LogP contribution in [0.3, 0.4) is 0 Å². The maximum absolute atomic E-state index is 11.3. The number of nitriles is 1. The first-order valence-corrected chi connectivity index (χ1v) is 4.20. The van der Waals surface area contributed by atoms with Crippen molar-refractivity contribution >= 4 is 11.7 Å². The van der Waals surface area contributed by atoms with E-state index in [4.69, 9.17) is 10.00 Å². The van der Waals surface area contributed by atoms with Crippen LogP contribution in [0.25, 0.3) is 0 Å². The zero-order valence-electron chi connectivity index (χ0n) is 7.78. The van der Waals surface area contributed by atoms with Crippen molar-refractivity contribution in [1.82, 2.24) is 0 Å². The van der Waals surface area contributed by atoms with Crippen molar-refractivity contribution in [2.24, 2.45) is 0 Å². The second kappa shape index (κ2) is 4.87. The summed E-state index contributed by atoms with van der Waals surface area (Å²) in [4.78, 5) is 11.3. The normalized spacial score (nSPS) is 8.86. The van der Waals surface area contributed by atoms with Crippen molar-refractivity contribution in [2.45, 2.75) is 6.92 Å². The highest BCUT2D eigenvalue weighted by Crippen LogP contribution is 2.10. The van der Waals surface area contributed by atoms with Crippen molar-refractivity contribution in [3.8, 4) is 6.19 Å². The molecule has 0 fully saturated rings. The summed E-state index contributed by atoms with van der Waals surface area (Å²) in [6, 6.07) is 6.60. The van der Waals surface area contributed by atoms with Crippen molar-refractivity contribution in [1.29, 1.82) is 5.26 Å². The third-order valence-corrected chi connectivity index (χ3v) is 1.57. The van der Waals surface area contributed by atoms with E-state index in [9.17, 15) is 4.79 Å². The van der Waals surface area contributed by atoms with Gasteiger partial charge >= 0.3 is 5.97 Å². The van der Waals surface area contributed by atoms with Crippen molar-refractivity contribution in [3.63, 3.8) is 0 Å². The summed E-state index contributed by atoms with van der Waals surface area (Å²) in [5.41, 5.74) is 1.02. The van der Waals surface area contributed by atoms with E-state index in [1.807, 2.05) is 0 Å². The van der Waals surface area contributed by atoms with Gasteiger partial charge in [0.25, 0.3) is 0 Å². The summed E-state index contributed by atoms with van der Waals surface area (Å²) >= 11 is 0. The second-order valence-corrected chi connectivity index (χ2v) is 2.54. The van der Waals surface area contributed by atoms with Crippen molar-refractivity contribution in [2.75, 3.05) is 11.9 Å². The number of ether oxygens (including phenoxy) is 1. The van der Waals surface area contributed by atoms with Crippen LogP contribution < -0.4 is 5.32 Å². The first-order chi connectivity index (χ1) is 6.77. The highest BCUT2D eigenvalue weighted by molar-refractivity contribution is 5.90. The van der Waals surface area contributed by atoms with E-state index in [1.165, 1.54) is 0 Å². The molecular weight excluding hydrogens is 180 g/mol. The molecule has 1 aromatic rings. The number of carbonyl (C=O) groups is 1. The van der Waals surface area contributed by atoms with E-state index in [1.54, 1.807) is 37.4 Å². The lowest BCUT2D eigenvalue weighted by Gasteiger charge is -2.02. The molecular formula is C10H10N2O2. The summed E-state index contributed by atoms with van der Waals surface area (Å²) in [7, 11) is 0. The molecule has 0 radical (unpaired) electrons. The Labute approximate surface area is 82.1 Å². The highest BCUT2D eigenvalue weighted by Gasteiger charge is 2.05. The number of hydrogen-bond donors (Lipinski definition) is 1. The number of nitrogens with one attached hydrogen (secondary N) is 1. The summed E-state index contributed by atoms with van der Waals surface area (Å²) in [6.45, 7) is 2.09. The van der Waals surface area contributed by atoms with Gasteiger partial charge in [-0.15, -0.1) is 0 Å². The third kappa shape index (κ3) is 2.49. The number of anilines is 1. The van der Waals surface area contributed by atoms with Gasteiger partial charge in [-0.1, -0.05) is 6.07 Å². The Morgan fingerprint density at radius 1 is 1.64 bits per heavy atom. The molecule has 1 N–H and O–H groups in total. The minimum absolute atomic E-state index is 0.342. The molecule has 72 valence electrons. The molecule has 0 spiro atoms. The molecule has 0 aromatic heterocycles. The Balaban J connectivity index is 2.83. The maximum atomic E-state index is 11.3. The van der Waals surface area contributed by atoms with Gasteiger partial charge in [0.05, 0.1) is 12.2 Å². The average molecular weight is 190 g/mol. The third-order valence-electron chi connectivity index (χ3n) is 1.57. The van der Waals surface area contributed by atoms with E-state index in [-0.39, 0.29) is 5.97 Å². The van der Waals surface area contributed by atoms with Crippen LogP contribution in [0.4, 0.5) is 5.69 Å². The molecule has 0 saturated heterocycles. The molecule has 0 atom stereocenters. The van der Waals surface area contributed by atoms with Crippen LogP contribution in [0.5, 0.6) is 0 Å². The highest BCUT2D eigenvalue weighted by atomic mass is 16.5. The molecule has 0 amide bonds. The molecule has 4 nitrogen and oxygen atoms in total. The van der Waals surface area contributed by atoms with Crippen LogP contribution >= 0.6 is 0 Å². The lowest BCUT2D eigenvalue weighted by Crippen LogP contribution is -2.04. The van der Waals surface area contributed by atoms with Gasteiger partial charge in [-0.2, -0.15) is 5.26 Å². The van der Waals surface area contributed by atoms with Gasteiger partial charge < -0.3 is 4.74 Å². The zero-order chi connectivity index (χ0) is 10.4. The molecule has 1 rings (SSSR count). The number of hydrogen-bond acceptors (Lipinski definition) is 4. The minimum Gasteiger partial charge on any atom is -0.462 e. The van der Waals surface area contributed by atoms with Crippen LogP contribution in [-0.2, 0) is 4.74 Å². The Morgan fingerprint density at radius 2 is 2.43 bits per heavy atom. The summed E-state index contributed by atoms with van der Waals surface area (Å²) < 4.78 is 4.81. The van der Waals surface area contributed by atoms with Crippen molar-refractivity contribution < 1.29 is 9.53 Å². The Kier molecular flexibility index (Phi) is 3.50. The fraction of sp³-hybridized carbons (Fsp3) is 0.200. The quantitative estimate of drug-likeness (QED) is 0.448. The monoisotopic (exact) mass is 190 g/mol. The van der Waals surface area contributed by atoms with Crippen LogP contribution in [0, 0.1) is 11.5 Å². The van der Waals surface area contributed by atoms with Gasteiger partial charge in [-0.05, 0) is 25.1 Å². The Morgan fingerprint density at radius 3 is 3.07 bits per heavy atom. The first kappa shape index (κ1) is 10.1. The number of benzene rings is 1. The molecule has 14 heavy (non-hydrogen) atoms. The molecule has 0 unspecified atom stereocenters. The van der Waals surface area contributed by atoms with Gasteiger partial charge in [0.15, 0.2) is 6.19 Å². The molecule has 0 aliphatic carbocycles. The molecule has 0 aliphatic rings. The van der Waals surface area contributed by atoms with E-state index in [0.717, 1.165) is 0 Å². The van der Waals surface area contributed by atoms with Gasteiger partial charge in [-0.3, -0.25) is 5.32 Å². The van der Waals surface area contributed by atoms with Crippen LogP contribution in [0.1, 0.15) is 17.3 Å². The smallest absolute Gasteiger partial charge is 0.338 e. The maximum Gasteiger partial charge on any atom is 0.338 e. The fourth-order valence-corrected chi connectivity index (χ4v) is 1.00. The summed E-state index contributed by atoms with van der Waals surface area (Å²) in [5.74, 6) is -0.380. The molecule has 0 bridgehead atoms. The number of carbonyl (C=O) groups excluding carboxylic acids is 1. The van der Waals surface area contributed by atoms with E-state index >= 15 is 0 Å². The molecule has 0 saturated carbocycles. The number of esters is 1. The lowest BCUT2D eigenvalue weighted by molar-refractivity contribution is 0.0526. The minimum atomic E-state index is -0.380. The largest absolute Gasteiger partial charge is 0.462 e. The summed E-state index contributed by atoms with van der Waals surface area (Å²) in [5, 5.41) is 10.8. The molecule has 4 heteroatoms. The van der Waals surface area contributed by atoms with E-state index in [2.05, 4.69) is 5.32 Å². The SMILES string of the molecule is CCOC(=O)c1cccc(NC#N)c1. The topological polar surface area (TPSA) is 62.1 Å². The van der Waals surface area contributed by atoms with Crippen LogP contribution in [-0.4, -0.2) is 12.6 Å². The standard InChI is InChI=1S/C10H10N2O2/c1-2-14-10(13)8-4-3-5-9(6-8)12-7-11/h3-6,12H,2H2,1H3. The average Bonchev–Trinajstić information content (AvgIpc) is 2.19. The van der Waals surface area contributed by atoms with Crippen LogP contribution in [0.2, 0.25) is 0 Å². The van der Waals surface area contributed by atoms with Gasteiger partial charge in [0.2, 0.25) is 0 Å². The van der Waals surface area contributed by atoms with Gasteiger partial charge in [0.1, 0.15) is 0 Å². The van der Waals surface area contributed by atoms with Gasteiger partial charge in [-0.25, -0.2) is 4.79 Å². The molecule has 1 aromatic carbocycles. The van der Waals surface area contributed by atoms with Crippen molar-refractivity contribution in [3.05, 3.63) is 29.8 Å². The second-order valence-electron chi connectivity index (χ2n) is 2.54.